The Labute approximate surface area is 142 Å². The largest absolute Gasteiger partial charge is 0.482 e. The van der Waals surface area contributed by atoms with Crippen LogP contribution >= 0.6 is 0 Å². The van der Waals surface area contributed by atoms with Gasteiger partial charge in [0.05, 0.1) is 5.92 Å². The molecule has 1 saturated carbocycles. The predicted octanol–water partition coefficient (Wildman–Crippen LogP) is 2.38. The molecular formula is C17H17FN2O5. The van der Waals surface area contributed by atoms with E-state index in [0.29, 0.717) is 12.8 Å². The number of hydrogen-bond acceptors (Lipinski definition) is 5. The van der Waals surface area contributed by atoms with E-state index in [-0.39, 0.29) is 23.8 Å². The van der Waals surface area contributed by atoms with Crippen molar-refractivity contribution < 1.29 is 28.3 Å². The van der Waals surface area contributed by atoms with Crippen LogP contribution in [0.4, 0.5) is 4.39 Å². The van der Waals surface area contributed by atoms with Crippen LogP contribution in [0.15, 0.2) is 34.9 Å². The molecule has 2 aromatic rings. The molecule has 0 unspecified atom stereocenters. The third-order valence-electron chi connectivity index (χ3n) is 4.15. The summed E-state index contributed by atoms with van der Waals surface area (Å²) in [6.45, 7) is -0.0810. The first-order chi connectivity index (χ1) is 12.0. The van der Waals surface area contributed by atoms with Gasteiger partial charge in [0.1, 0.15) is 6.61 Å². The second-order valence-corrected chi connectivity index (χ2v) is 5.85. The first kappa shape index (κ1) is 16.9. The number of carbonyl (C=O) groups is 2. The van der Waals surface area contributed by atoms with Gasteiger partial charge in [-0.25, -0.2) is 4.39 Å². The zero-order valence-electron chi connectivity index (χ0n) is 13.3. The quantitative estimate of drug-likeness (QED) is 0.831. The predicted molar refractivity (Wildman–Crippen MR) is 83.5 cm³/mol. The molecule has 2 atom stereocenters. The smallest absolute Gasteiger partial charge is 0.308 e. The van der Waals surface area contributed by atoms with Gasteiger partial charge >= 0.3 is 5.97 Å². The summed E-state index contributed by atoms with van der Waals surface area (Å²) >= 11 is 0. The van der Waals surface area contributed by atoms with Crippen molar-refractivity contribution >= 4 is 11.9 Å². The minimum absolute atomic E-state index is 0.0307. The van der Waals surface area contributed by atoms with E-state index in [1.165, 1.54) is 18.2 Å². The highest BCUT2D eigenvalue weighted by molar-refractivity contribution is 5.92. The van der Waals surface area contributed by atoms with Crippen LogP contribution in [0, 0.1) is 11.7 Å². The summed E-state index contributed by atoms with van der Waals surface area (Å²) in [6, 6.07) is 6.91. The SMILES string of the molecule is O=C(N[C@H]1CCC[C@H]1C(=O)O)c1cc(COc2ccccc2F)on1. The van der Waals surface area contributed by atoms with E-state index in [4.69, 9.17) is 14.4 Å². The topological polar surface area (TPSA) is 102 Å². The van der Waals surface area contributed by atoms with Crippen LogP contribution in [0.2, 0.25) is 0 Å². The fourth-order valence-corrected chi connectivity index (χ4v) is 2.87. The third kappa shape index (κ3) is 3.96. The zero-order valence-corrected chi connectivity index (χ0v) is 13.3. The van der Waals surface area contributed by atoms with Crippen molar-refractivity contribution in [1.82, 2.24) is 10.5 Å². The van der Waals surface area contributed by atoms with Crippen molar-refractivity contribution in [1.29, 1.82) is 0 Å². The Hall–Kier alpha value is -2.90. The van der Waals surface area contributed by atoms with Gasteiger partial charge in [-0.3, -0.25) is 9.59 Å². The van der Waals surface area contributed by atoms with Crippen LogP contribution < -0.4 is 10.1 Å². The molecule has 1 aromatic carbocycles. The molecule has 1 amide bonds. The van der Waals surface area contributed by atoms with Gasteiger partial charge in [-0.1, -0.05) is 23.7 Å². The fourth-order valence-electron chi connectivity index (χ4n) is 2.87. The zero-order chi connectivity index (χ0) is 17.8. The van der Waals surface area contributed by atoms with E-state index in [2.05, 4.69) is 10.5 Å². The highest BCUT2D eigenvalue weighted by atomic mass is 19.1. The number of aromatic nitrogens is 1. The first-order valence-corrected chi connectivity index (χ1v) is 7.91. The minimum Gasteiger partial charge on any atom is -0.482 e. The van der Waals surface area contributed by atoms with Crippen LogP contribution in [0.25, 0.3) is 0 Å². The van der Waals surface area contributed by atoms with Crippen molar-refractivity contribution in [3.8, 4) is 5.75 Å². The number of nitrogens with one attached hydrogen (secondary N) is 1. The van der Waals surface area contributed by atoms with E-state index in [9.17, 15) is 14.0 Å². The number of carboxylic acids is 1. The Kier molecular flexibility index (Phi) is 4.97. The number of rotatable bonds is 6. The van der Waals surface area contributed by atoms with Crippen molar-refractivity contribution in [3.63, 3.8) is 0 Å². The van der Waals surface area contributed by atoms with Gasteiger partial charge in [0.25, 0.3) is 5.91 Å². The van der Waals surface area contributed by atoms with Crippen LogP contribution in [-0.4, -0.2) is 28.2 Å². The standard InChI is InChI=1S/C17H17FN2O5/c18-12-5-1-2-7-15(12)24-9-10-8-14(20-25-10)16(21)19-13-6-3-4-11(13)17(22)23/h1-2,5,7-8,11,13H,3-4,6,9H2,(H,19,21)(H,22,23)/t11-,13+/m1/s1. The number of halogens is 1. The first-order valence-electron chi connectivity index (χ1n) is 7.91. The van der Waals surface area contributed by atoms with E-state index in [0.717, 1.165) is 6.42 Å². The molecule has 1 aliphatic rings. The van der Waals surface area contributed by atoms with E-state index < -0.39 is 29.7 Å². The Morgan fingerprint density at radius 3 is 2.92 bits per heavy atom. The molecule has 25 heavy (non-hydrogen) atoms. The summed E-state index contributed by atoms with van der Waals surface area (Å²) in [5.41, 5.74) is 0.0307. The summed E-state index contributed by atoms with van der Waals surface area (Å²) in [7, 11) is 0. The van der Waals surface area contributed by atoms with E-state index in [1.807, 2.05) is 0 Å². The summed E-state index contributed by atoms with van der Waals surface area (Å²) in [5, 5.41) is 15.5. The number of ether oxygens (including phenoxy) is 1. The van der Waals surface area contributed by atoms with Gasteiger partial charge < -0.3 is 19.7 Å². The molecule has 1 aliphatic carbocycles. The maximum absolute atomic E-state index is 13.5. The van der Waals surface area contributed by atoms with Crippen molar-refractivity contribution in [2.75, 3.05) is 0 Å². The monoisotopic (exact) mass is 348 g/mol. The molecular weight excluding hydrogens is 331 g/mol. The second-order valence-electron chi connectivity index (χ2n) is 5.85. The summed E-state index contributed by atoms with van der Waals surface area (Å²) in [5.74, 6) is -2.17. The normalized spacial score (nSPS) is 19.6. The fraction of sp³-hybridized carbons (Fsp3) is 0.353. The van der Waals surface area contributed by atoms with Crippen LogP contribution in [0.1, 0.15) is 35.5 Å². The molecule has 7 nitrogen and oxygen atoms in total. The van der Waals surface area contributed by atoms with Crippen LogP contribution in [-0.2, 0) is 11.4 Å². The molecule has 0 spiro atoms. The van der Waals surface area contributed by atoms with Gasteiger partial charge in [-0.15, -0.1) is 0 Å². The number of hydrogen-bond donors (Lipinski definition) is 2. The summed E-state index contributed by atoms with van der Waals surface area (Å²) in [6.07, 6.45) is 1.91. The average molecular weight is 348 g/mol. The molecule has 0 radical (unpaired) electrons. The number of para-hydroxylation sites is 1. The number of benzene rings is 1. The number of aliphatic carboxylic acids is 1. The third-order valence-corrected chi connectivity index (χ3v) is 4.15. The average Bonchev–Trinajstić information content (AvgIpc) is 3.23. The van der Waals surface area contributed by atoms with Gasteiger partial charge in [-0.05, 0) is 25.0 Å². The Morgan fingerprint density at radius 1 is 1.36 bits per heavy atom. The maximum Gasteiger partial charge on any atom is 0.308 e. The Balaban J connectivity index is 1.58. The van der Waals surface area contributed by atoms with Crippen LogP contribution in [0.5, 0.6) is 5.75 Å². The van der Waals surface area contributed by atoms with Crippen molar-refractivity contribution in [2.24, 2.45) is 5.92 Å². The lowest BCUT2D eigenvalue weighted by Crippen LogP contribution is -2.40. The van der Waals surface area contributed by atoms with Crippen molar-refractivity contribution in [3.05, 3.63) is 47.6 Å². The number of carbonyl (C=O) groups excluding carboxylic acids is 1. The molecule has 2 N–H and O–H groups in total. The molecule has 0 bridgehead atoms. The maximum atomic E-state index is 13.5. The highest BCUT2D eigenvalue weighted by Crippen LogP contribution is 2.26. The van der Waals surface area contributed by atoms with Crippen molar-refractivity contribution in [2.45, 2.75) is 31.9 Å². The van der Waals surface area contributed by atoms with Gasteiger partial charge in [0, 0.05) is 12.1 Å². The molecule has 1 aromatic heterocycles. The lowest BCUT2D eigenvalue weighted by molar-refractivity contribution is -0.142. The second kappa shape index (κ2) is 7.33. The Morgan fingerprint density at radius 2 is 2.16 bits per heavy atom. The molecule has 0 saturated heterocycles. The van der Waals surface area contributed by atoms with Gasteiger partial charge in [-0.2, -0.15) is 0 Å². The summed E-state index contributed by atoms with van der Waals surface area (Å²) < 4.78 is 23.8. The lowest BCUT2D eigenvalue weighted by Gasteiger charge is -2.16. The number of nitrogens with zero attached hydrogens (tertiary/aromatic N) is 1. The number of carboxylic acid groups (broad SMARTS) is 1. The van der Waals surface area contributed by atoms with Gasteiger partial charge in [0.2, 0.25) is 0 Å². The summed E-state index contributed by atoms with van der Waals surface area (Å²) in [4.78, 5) is 23.3. The molecule has 1 heterocycles. The Bertz CT molecular complexity index is 776. The van der Waals surface area contributed by atoms with Gasteiger partial charge in [0.15, 0.2) is 23.0 Å². The molecule has 0 aliphatic heterocycles. The van der Waals surface area contributed by atoms with E-state index >= 15 is 0 Å². The minimum atomic E-state index is -0.915. The molecule has 1 fully saturated rings. The highest BCUT2D eigenvalue weighted by Gasteiger charge is 2.34. The molecule has 8 heteroatoms. The van der Waals surface area contributed by atoms with E-state index in [1.54, 1.807) is 12.1 Å². The lowest BCUT2D eigenvalue weighted by atomic mass is 10.0. The van der Waals surface area contributed by atoms with Crippen LogP contribution in [0.3, 0.4) is 0 Å². The molecule has 132 valence electrons. The number of amides is 1. The molecule has 3 rings (SSSR count).